The van der Waals surface area contributed by atoms with Crippen molar-refractivity contribution in [3.8, 4) is 0 Å². The van der Waals surface area contributed by atoms with Gasteiger partial charge in [-0.15, -0.1) is 0 Å². The number of hydrogen-bond acceptors (Lipinski definition) is 1. The first-order chi connectivity index (χ1) is 20.9. The van der Waals surface area contributed by atoms with Gasteiger partial charge in [-0.25, -0.2) is 0 Å². The molecule has 5 rings (SSSR count). The Morgan fingerprint density at radius 3 is 0.818 bits per heavy atom. The molecule has 9 heteroatoms. The van der Waals surface area contributed by atoms with Gasteiger partial charge in [-0.05, 0) is 112 Å². The summed E-state index contributed by atoms with van der Waals surface area (Å²) in [5.41, 5.74) is 4.73. The smallest absolute Gasteiger partial charge is 0.418 e. The van der Waals surface area contributed by atoms with Gasteiger partial charge in [0.1, 0.15) is 0 Å². The van der Waals surface area contributed by atoms with Crippen molar-refractivity contribution in [1.29, 1.82) is 0 Å². The Balaban J connectivity index is 0.000000503. The normalized spacial score (nSPS) is 24.2. The van der Waals surface area contributed by atoms with E-state index in [-0.39, 0.29) is 19.5 Å². The first kappa shape index (κ1) is 42.7. The van der Waals surface area contributed by atoms with Crippen LogP contribution in [-0.4, -0.2) is 54.4 Å². The van der Waals surface area contributed by atoms with E-state index in [1.807, 2.05) is 0 Å². The van der Waals surface area contributed by atoms with E-state index >= 15 is 0 Å². The van der Waals surface area contributed by atoms with E-state index in [0.29, 0.717) is 15.8 Å². The minimum atomic E-state index is -6.00. The topological polar surface area (TPSA) is 20.2 Å². The largest absolute Gasteiger partial charge is 0.673 e. The van der Waals surface area contributed by atoms with Crippen LogP contribution in [0.25, 0.3) is 0 Å². The number of allylic oxidation sites excluding steroid dienone is 4. The summed E-state index contributed by atoms with van der Waals surface area (Å²) < 4.78 is 39.0. The summed E-state index contributed by atoms with van der Waals surface area (Å²) in [6, 6.07) is 0. The Hall–Kier alpha value is 0.708. The van der Waals surface area contributed by atoms with Gasteiger partial charge >= 0.3 is 7.25 Å². The molecule has 1 nitrogen and oxygen atoms in total. The fourth-order valence-electron chi connectivity index (χ4n) is 8.06. The van der Waals surface area contributed by atoms with Crippen molar-refractivity contribution in [1.82, 2.24) is 0 Å². The maximum atomic E-state index is 9.75. The molecule has 0 amide bonds. The summed E-state index contributed by atoms with van der Waals surface area (Å²) in [5.74, 6) is 0. The zero-order chi connectivity index (χ0) is 31.2. The van der Waals surface area contributed by atoms with Gasteiger partial charge < -0.3 is 22.4 Å². The molecule has 0 heterocycles. The molecule has 4 fully saturated rings. The number of aliphatic hydroxyl groups excluding tert-OH is 1. The van der Waals surface area contributed by atoms with E-state index < -0.39 is 7.25 Å². The van der Waals surface area contributed by atoms with Crippen molar-refractivity contribution in [2.24, 2.45) is 0 Å². The molecule has 0 bridgehead atoms. The number of rotatable bonds is 7. The first-order valence-corrected chi connectivity index (χ1v) is 21.4. The fraction of sp³-hybridized carbons (Fsp3) is 0.886. The Morgan fingerprint density at radius 1 is 0.455 bits per heavy atom. The van der Waals surface area contributed by atoms with Crippen LogP contribution in [0.5, 0.6) is 0 Å². The third kappa shape index (κ3) is 19.5. The van der Waals surface area contributed by atoms with Gasteiger partial charge in [0.05, 0.1) is 0 Å². The van der Waals surface area contributed by atoms with Gasteiger partial charge in [-0.3, -0.25) is 0 Å². The number of hydrogen-bond donors (Lipinski definition) is 1. The van der Waals surface area contributed by atoms with Crippen LogP contribution in [0.15, 0.2) is 24.3 Å². The van der Waals surface area contributed by atoms with Crippen LogP contribution in [-0.2, 0) is 19.5 Å². The van der Waals surface area contributed by atoms with Gasteiger partial charge in [0.2, 0.25) is 0 Å². The van der Waals surface area contributed by atoms with Gasteiger partial charge in [-0.1, -0.05) is 117 Å². The average molecular weight is 753 g/mol. The molecule has 0 aliphatic heterocycles. The molecule has 261 valence electrons. The van der Waals surface area contributed by atoms with E-state index in [1.54, 1.807) is 141 Å². The van der Waals surface area contributed by atoms with Gasteiger partial charge in [0.25, 0.3) is 0 Å². The Bertz CT molecular complexity index is 610. The summed E-state index contributed by atoms with van der Waals surface area (Å²) in [7, 11) is -4.31. The van der Waals surface area contributed by atoms with Crippen LogP contribution < -0.4 is 0 Å². The monoisotopic (exact) mass is 752 g/mol. The van der Waals surface area contributed by atoms with Crippen molar-refractivity contribution in [2.45, 2.75) is 177 Å². The number of halogens is 4. The second-order valence-corrected chi connectivity index (χ2v) is 19.1. The predicted molar refractivity (Wildman–Crippen MR) is 186 cm³/mol. The van der Waals surface area contributed by atoms with Crippen LogP contribution in [0.3, 0.4) is 0 Å². The van der Waals surface area contributed by atoms with Gasteiger partial charge in [0, 0.05) is 26.6 Å². The molecule has 1 N–H and O–H groups in total. The third-order valence-electron chi connectivity index (χ3n) is 10.1. The quantitative estimate of drug-likeness (QED) is 0.119. The maximum absolute atomic E-state index is 9.75. The summed E-state index contributed by atoms with van der Waals surface area (Å²) in [4.78, 5) is 0. The molecular weight excluding hydrogens is 688 g/mol. The van der Waals surface area contributed by atoms with Crippen LogP contribution in [0.4, 0.5) is 17.3 Å². The van der Waals surface area contributed by atoms with Gasteiger partial charge in [-0.2, -0.15) is 0 Å². The molecule has 0 aromatic heterocycles. The minimum Gasteiger partial charge on any atom is -0.418 e. The Labute approximate surface area is 284 Å². The second-order valence-electron chi connectivity index (χ2n) is 13.2. The molecule has 44 heavy (non-hydrogen) atoms. The Kier molecular flexibility index (Phi) is 25.9. The Morgan fingerprint density at radius 2 is 0.636 bits per heavy atom. The standard InChI is InChI=1S/C26H48P2.C8H12.CH4O.BF4.Rh/c1-5-13-23(14-6-1)27(24-15-7-2-8-16-24)21-22-28(25-17-9-3-10-18-25)26-19-11-4-12-20-26;1-2-4-6-8-7-5-3-1;1-2;2-1(3,4)5;/h23-26H,1-22H2;1-2,7-8H,3-6H2;2H,1H3;;/q;;;-1;/b;2-1-,8-7-;;;. The zero-order valence-electron chi connectivity index (χ0n) is 27.8. The van der Waals surface area contributed by atoms with Crippen LogP contribution >= 0.6 is 15.8 Å². The van der Waals surface area contributed by atoms with Crippen molar-refractivity contribution in [3.05, 3.63) is 24.3 Å². The fourth-order valence-corrected chi connectivity index (χ4v) is 16.7. The molecule has 0 spiro atoms. The van der Waals surface area contributed by atoms with E-state index in [9.17, 15) is 17.3 Å². The van der Waals surface area contributed by atoms with E-state index in [2.05, 4.69) is 24.3 Å². The summed E-state index contributed by atoms with van der Waals surface area (Å²) in [6.45, 7) is 0. The molecule has 5 aliphatic rings. The molecule has 0 aromatic carbocycles. The summed E-state index contributed by atoms with van der Waals surface area (Å²) in [6.07, 6.45) is 49.1. The van der Waals surface area contributed by atoms with E-state index in [0.717, 1.165) is 7.11 Å². The van der Waals surface area contributed by atoms with Crippen molar-refractivity contribution >= 4 is 23.1 Å². The molecule has 1 radical (unpaired) electrons. The average Bonchev–Trinajstić information content (AvgIpc) is 3.01. The molecule has 4 saturated carbocycles. The zero-order valence-corrected chi connectivity index (χ0v) is 31.2. The number of aliphatic hydroxyl groups is 1. The molecule has 0 atom stereocenters. The van der Waals surface area contributed by atoms with Crippen molar-refractivity contribution in [3.63, 3.8) is 0 Å². The van der Waals surface area contributed by atoms with E-state index in [4.69, 9.17) is 5.11 Å². The molecule has 0 unspecified atom stereocenters. The predicted octanol–water partition coefficient (Wildman–Crippen LogP) is 12.9. The van der Waals surface area contributed by atoms with Crippen LogP contribution in [0, 0.1) is 0 Å². The third-order valence-corrected chi connectivity index (χ3v) is 17.8. The van der Waals surface area contributed by atoms with Crippen LogP contribution in [0.2, 0.25) is 0 Å². The van der Waals surface area contributed by atoms with Crippen molar-refractivity contribution < 1.29 is 41.8 Å². The maximum Gasteiger partial charge on any atom is 0.673 e. The van der Waals surface area contributed by atoms with E-state index in [1.165, 1.54) is 48.3 Å². The molecular formula is C35H64BF4OP2Rh-. The molecule has 5 aliphatic carbocycles. The molecule has 0 saturated heterocycles. The van der Waals surface area contributed by atoms with Gasteiger partial charge in [0.15, 0.2) is 0 Å². The van der Waals surface area contributed by atoms with Crippen LogP contribution in [0.1, 0.15) is 154 Å². The minimum absolute atomic E-state index is 0. The summed E-state index contributed by atoms with van der Waals surface area (Å²) in [5, 5.41) is 7.00. The summed E-state index contributed by atoms with van der Waals surface area (Å²) >= 11 is 0. The SMILES string of the molecule is C1=C\CC/C=C\CC/1.C1CCC(P(CCP(C2CCCCC2)C2CCCCC2)C2CCCCC2)CC1.CO.F[B-](F)(F)F.[Rh]. The second kappa shape index (κ2) is 26.6. The first-order valence-electron chi connectivity index (χ1n) is 18.1. The molecule has 0 aromatic rings. The van der Waals surface area contributed by atoms with Crippen molar-refractivity contribution in [2.75, 3.05) is 19.4 Å².